The normalized spacial score (nSPS) is 11.6. The fourth-order valence-corrected chi connectivity index (χ4v) is 2.53. The molecule has 0 radical (unpaired) electrons. The molecule has 6 nitrogen and oxygen atoms in total. The van der Waals surface area contributed by atoms with Crippen LogP contribution >= 0.6 is 0 Å². The first-order valence-corrected chi connectivity index (χ1v) is 8.26. The predicted octanol–water partition coefficient (Wildman–Crippen LogP) is 2.30. The zero-order valence-electron chi connectivity index (χ0n) is 15.3. The highest BCUT2D eigenvalue weighted by Gasteiger charge is 2.08. The molecule has 1 N–H and O–H groups in total. The lowest BCUT2D eigenvalue weighted by Crippen LogP contribution is -2.38. The Labute approximate surface area is 148 Å². The van der Waals surface area contributed by atoms with Crippen LogP contribution in [0, 0.1) is 5.82 Å². The van der Waals surface area contributed by atoms with Gasteiger partial charge in [-0.1, -0.05) is 6.07 Å². The van der Waals surface area contributed by atoms with E-state index < -0.39 is 0 Å². The molecular weight excluding hydrogens is 321 g/mol. The predicted molar refractivity (Wildman–Crippen MR) is 96.6 cm³/mol. The molecule has 0 aliphatic heterocycles. The minimum atomic E-state index is -0.254. The van der Waals surface area contributed by atoms with Gasteiger partial charge in [-0.15, -0.1) is 0 Å². The zero-order chi connectivity index (χ0) is 18.2. The molecule has 0 atom stereocenters. The fraction of sp³-hybridized carbons (Fsp3) is 0.444. The largest absolute Gasteiger partial charge is 0.380 e. The lowest BCUT2D eigenvalue weighted by Gasteiger charge is -2.21. The maximum Gasteiger partial charge on any atom is 0.194 e. The van der Waals surface area contributed by atoms with E-state index in [0.717, 1.165) is 23.6 Å². The molecule has 0 unspecified atom stereocenters. The van der Waals surface area contributed by atoms with Gasteiger partial charge in [-0.2, -0.15) is 5.10 Å². The van der Waals surface area contributed by atoms with Crippen molar-refractivity contribution in [3.8, 4) is 0 Å². The van der Waals surface area contributed by atoms with E-state index in [9.17, 15) is 4.39 Å². The SMILES string of the molecule is CCNC(=NCc1ccc(F)c(COC)c1)N(C)Cc1cnn(C)c1. The van der Waals surface area contributed by atoms with Crippen molar-refractivity contribution in [1.82, 2.24) is 20.0 Å². The minimum Gasteiger partial charge on any atom is -0.380 e. The van der Waals surface area contributed by atoms with Crippen molar-refractivity contribution in [2.45, 2.75) is 26.6 Å². The number of guanidine groups is 1. The Hall–Kier alpha value is -2.41. The summed E-state index contributed by atoms with van der Waals surface area (Å²) in [6.07, 6.45) is 3.83. The van der Waals surface area contributed by atoms with E-state index in [1.54, 1.807) is 23.9 Å². The third-order valence-corrected chi connectivity index (χ3v) is 3.70. The molecule has 0 bridgehead atoms. The topological polar surface area (TPSA) is 54.7 Å². The van der Waals surface area contributed by atoms with Gasteiger partial charge in [-0.05, 0) is 24.6 Å². The quantitative estimate of drug-likeness (QED) is 0.617. The molecule has 1 heterocycles. The molecule has 0 saturated carbocycles. The summed E-state index contributed by atoms with van der Waals surface area (Å²) in [5, 5.41) is 7.47. The Morgan fingerprint density at radius 2 is 2.20 bits per heavy atom. The number of methoxy groups -OCH3 is 1. The van der Waals surface area contributed by atoms with E-state index in [-0.39, 0.29) is 12.4 Å². The minimum absolute atomic E-state index is 0.254. The van der Waals surface area contributed by atoms with E-state index in [2.05, 4.69) is 15.4 Å². The number of halogens is 1. The van der Waals surface area contributed by atoms with Gasteiger partial charge in [0.2, 0.25) is 0 Å². The molecular formula is C18H26FN5O. The van der Waals surface area contributed by atoms with Gasteiger partial charge in [0.1, 0.15) is 5.82 Å². The van der Waals surface area contributed by atoms with Gasteiger partial charge in [0.05, 0.1) is 19.3 Å². The van der Waals surface area contributed by atoms with Crippen molar-refractivity contribution < 1.29 is 9.13 Å². The number of hydrogen-bond donors (Lipinski definition) is 1. The number of aromatic nitrogens is 2. The summed E-state index contributed by atoms with van der Waals surface area (Å²) in [6.45, 7) is 4.23. The van der Waals surface area contributed by atoms with E-state index in [1.807, 2.05) is 38.3 Å². The molecule has 1 aromatic carbocycles. The van der Waals surface area contributed by atoms with E-state index in [4.69, 9.17) is 4.74 Å². The number of aliphatic imine (C=N–C) groups is 1. The number of nitrogens with zero attached hydrogens (tertiary/aromatic N) is 4. The number of ether oxygens (including phenoxy) is 1. The summed E-state index contributed by atoms with van der Waals surface area (Å²) in [5.41, 5.74) is 2.60. The lowest BCUT2D eigenvalue weighted by molar-refractivity contribution is 0.181. The first-order chi connectivity index (χ1) is 12.0. The van der Waals surface area contributed by atoms with Crippen LogP contribution in [0.25, 0.3) is 0 Å². The number of aryl methyl sites for hydroxylation is 1. The molecule has 0 aliphatic carbocycles. The highest BCUT2D eigenvalue weighted by Crippen LogP contribution is 2.13. The Morgan fingerprint density at radius 1 is 1.40 bits per heavy atom. The number of rotatable bonds is 7. The van der Waals surface area contributed by atoms with Crippen LogP contribution in [0.4, 0.5) is 4.39 Å². The van der Waals surface area contributed by atoms with Crippen LogP contribution in [0.5, 0.6) is 0 Å². The first-order valence-electron chi connectivity index (χ1n) is 8.26. The van der Waals surface area contributed by atoms with Crippen LogP contribution in [0.3, 0.4) is 0 Å². The summed E-state index contributed by atoms with van der Waals surface area (Å²) in [5.74, 6) is 0.541. The molecule has 2 aromatic rings. The second-order valence-corrected chi connectivity index (χ2v) is 5.91. The van der Waals surface area contributed by atoms with Gasteiger partial charge in [0, 0.05) is 51.6 Å². The molecule has 0 spiro atoms. The third-order valence-electron chi connectivity index (χ3n) is 3.70. The van der Waals surface area contributed by atoms with E-state index in [1.165, 1.54) is 6.07 Å². The van der Waals surface area contributed by atoms with Crippen molar-refractivity contribution in [2.24, 2.45) is 12.0 Å². The summed E-state index contributed by atoms with van der Waals surface area (Å²) < 4.78 is 20.5. The Balaban J connectivity index is 2.09. The molecule has 7 heteroatoms. The van der Waals surface area contributed by atoms with Gasteiger partial charge >= 0.3 is 0 Å². The van der Waals surface area contributed by atoms with Gasteiger partial charge in [0.15, 0.2) is 5.96 Å². The standard InChI is InChI=1S/C18H26FN5O/c1-5-20-18(23(2)11-15-10-22-24(3)12-15)21-9-14-6-7-17(19)16(8-14)13-25-4/h6-8,10,12H,5,9,11,13H2,1-4H3,(H,20,21). The third kappa shape index (κ3) is 5.56. The maximum absolute atomic E-state index is 13.7. The van der Waals surface area contributed by atoms with E-state index >= 15 is 0 Å². The van der Waals surface area contributed by atoms with Crippen molar-refractivity contribution in [3.63, 3.8) is 0 Å². The van der Waals surface area contributed by atoms with Gasteiger partial charge in [0.25, 0.3) is 0 Å². The van der Waals surface area contributed by atoms with Crippen molar-refractivity contribution in [3.05, 3.63) is 53.1 Å². The Kier molecular flexibility index (Phi) is 6.94. The number of hydrogen-bond acceptors (Lipinski definition) is 3. The summed E-state index contributed by atoms with van der Waals surface area (Å²) in [7, 11) is 5.44. The van der Waals surface area contributed by atoms with Crippen molar-refractivity contribution >= 4 is 5.96 Å². The zero-order valence-corrected chi connectivity index (χ0v) is 15.3. The van der Waals surface area contributed by atoms with Gasteiger partial charge < -0.3 is 15.0 Å². The molecule has 136 valence electrons. The van der Waals surface area contributed by atoms with Crippen LogP contribution in [0.1, 0.15) is 23.6 Å². The lowest BCUT2D eigenvalue weighted by atomic mass is 10.1. The monoisotopic (exact) mass is 347 g/mol. The molecule has 0 fully saturated rings. The number of benzene rings is 1. The second kappa shape index (κ2) is 9.17. The van der Waals surface area contributed by atoms with Crippen LogP contribution in [-0.2, 0) is 31.5 Å². The molecule has 0 amide bonds. The van der Waals surface area contributed by atoms with Crippen LogP contribution in [0.2, 0.25) is 0 Å². The van der Waals surface area contributed by atoms with Crippen molar-refractivity contribution in [1.29, 1.82) is 0 Å². The highest BCUT2D eigenvalue weighted by atomic mass is 19.1. The Bertz CT molecular complexity index is 713. The smallest absolute Gasteiger partial charge is 0.194 e. The molecule has 0 aliphatic rings. The van der Waals surface area contributed by atoms with Crippen LogP contribution in [-0.4, -0.2) is 41.3 Å². The molecule has 2 rings (SSSR count). The number of nitrogens with one attached hydrogen (secondary N) is 1. The molecule has 1 aromatic heterocycles. The second-order valence-electron chi connectivity index (χ2n) is 5.91. The van der Waals surface area contributed by atoms with Crippen LogP contribution in [0.15, 0.2) is 35.6 Å². The fourth-order valence-electron chi connectivity index (χ4n) is 2.53. The molecule has 25 heavy (non-hydrogen) atoms. The molecule has 0 saturated heterocycles. The van der Waals surface area contributed by atoms with Crippen LogP contribution < -0.4 is 5.32 Å². The average Bonchev–Trinajstić information content (AvgIpc) is 2.99. The van der Waals surface area contributed by atoms with E-state index in [0.29, 0.717) is 18.7 Å². The first kappa shape index (κ1) is 18.9. The Morgan fingerprint density at radius 3 is 2.84 bits per heavy atom. The summed E-state index contributed by atoms with van der Waals surface area (Å²) in [6, 6.07) is 5.02. The average molecular weight is 347 g/mol. The van der Waals surface area contributed by atoms with Gasteiger partial charge in [-0.3, -0.25) is 4.68 Å². The van der Waals surface area contributed by atoms with Gasteiger partial charge in [-0.25, -0.2) is 9.38 Å². The maximum atomic E-state index is 13.7. The summed E-state index contributed by atoms with van der Waals surface area (Å²) >= 11 is 0. The van der Waals surface area contributed by atoms with Crippen molar-refractivity contribution in [2.75, 3.05) is 20.7 Å². The highest BCUT2D eigenvalue weighted by molar-refractivity contribution is 5.79. The summed E-state index contributed by atoms with van der Waals surface area (Å²) in [4.78, 5) is 6.70.